The van der Waals surface area contributed by atoms with E-state index in [2.05, 4.69) is 4.98 Å². The van der Waals surface area contributed by atoms with Gasteiger partial charge in [-0.15, -0.1) is 0 Å². The predicted octanol–water partition coefficient (Wildman–Crippen LogP) is 4.32. The molecule has 2 heterocycles. The van der Waals surface area contributed by atoms with E-state index in [9.17, 15) is 13.2 Å². The van der Waals surface area contributed by atoms with E-state index in [4.69, 9.17) is 9.72 Å². The standard InChI is InChI=1S/C24H23N3O4S2/c1-16-12-17(2)23-21(13-16)32-24(26-23)27(14-18-8-10-25-11-9-18)22(28)15-33(29,30)20-6-4-19(31-3)5-7-20/h4-13H,14-15H2,1-3H3. The molecule has 0 saturated carbocycles. The Balaban J connectivity index is 1.70. The van der Waals surface area contributed by atoms with E-state index in [0.29, 0.717) is 10.9 Å². The van der Waals surface area contributed by atoms with Gasteiger partial charge < -0.3 is 4.74 Å². The Hall–Kier alpha value is -3.30. The Morgan fingerprint density at radius 1 is 1.06 bits per heavy atom. The van der Waals surface area contributed by atoms with Gasteiger partial charge in [-0.05, 0) is 73.0 Å². The molecule has 33 heavy (non-hydrogen) atoms. The lowest BCUT2D eigenvalue weighted by Gasteiger charge is -2.20. The summed E-state index contributed by atoms with van der Waals surface area (Å²) in [6.45, 7) is 4.17. The lowest BCUT2D eigenvalue weighted by Crippen LogP contribution is -2.35. The normalized spacial score (nSPS) is 11.5. The van der Waals surface area contributed by atoms with Crippen molar-refractivity contribution in [3.63, 3.8) is 0 Å². The minimum atomic E-state index is -3.86. The molecule has 0 fully saturated rings. The van der Waals surface area contributed by atoms with Gasteiger partial charge in [-0.3, -0.25) is 14.7 Å². The molecule has 0 unspecified atom stereocenters. The summed E-state index contributed by atoms with van der Waals surface area (Å²) in [7, 11) is -2.35. The molecule has 2 aromatic heterocycles. The van der Waals surface area contributed by atoms with Crippen molar-refractivity contribution < 1.29 is 17.9 Å². The Morgan fingerprint density at radius 3 is 2.42 bits per heavy atom. The highest BCUT2D eigenvalue weighted by atomic mass is 32.2. The molecule has 170 valence electrons. The molecular formula is C24H23N3O4S2. The fourth-order valence-corrected chi connectivity index (χ4v) is 5.87. The first-order chi connectivity index (χ1) is 15.8. The van der Waals surface area contributed by atoms with Crippen molar-refractivity contribution in [2.24, 2.45) is 0 Å². The average molecular weight is 482 g/mol. The number of pyridine rings is 1. The van der Waals surface area contributed by atoms with Crippen LogP contribution in [0.1, 0.15) is 16.7 Å². The topological polar surface area (TPSA) is 89.5 Å². The van der Waals surface area contributed by atoms with Gasteiger partial charge in [-0.25, -0.2) is 13.4 Å². The van der Waals surface area contributed by atoms with E-state index in [0.717, 1.165) is 26.9 Å². The largest absolute Gasteiger partial charge is 0.497 e. The van der Waals surface area contributed by atoms with Crippen LogP contribution in [0.5, 0.6) is 5.75 Å². The molecule has 7 nitrogen and oxygen atoms in total. The zero-order valence-electron chi connectivity index (χ0n) is 18.5. The second kappa shape index (κ2) is 9.29. The highest BCUT2D eigenvalue weighted by Gasteiger charge is 2.27. The summed E-state index contributed by atoms with van der Waals surface area (Å²) in [6, 6.07) is 13.6. The van der Waals surface area contributed by atoms with E-state index < -0.39 is 21.5 Å². The number of rotatable bonds is 7. The number of amides is 1. The fourth-order valence-electron chi connectivity index (χ4n) is 3.51. The first-order valence-electron chi connectivity index (χ1n) is 10.2. The Morgan fingerprint density at radius 2 is 1.76 bits per heavy atom. The minimum absolute atomic E-state index is 0.0660. The predicted molar refractivity (Wildman–Crippen MR) is 130 cm³/mol. The van der Waals surface area contributed by atoms with Crippen molar-refractivity contribution in [2.45, 2.75) is 25.3 Å². The van der Waals surface area contributed by atoms with Gasteiger partial charge in [0.25, 0.3) is 0 Å². The number of carbonyl (C=O) groups excluding carboxylic acids is 1. The van der Waals surface area contributed by atoms with Gasteiger partial charge in [0.1, 0.15) is 11.5 Å². The number of aryl methyl sites for hydroxylation is 2. The average Bonchev–Trinajstić information content (AvgIpc) is 3.22. The Labute approximate surface area is 196 Å². The van der Waals surface area contributed by atoms with Crippen LogP contribution in [-0.4, -0.2) is 37.2 Å². The molecule has 0 bridgehead atoms. The van der Waals surface area contributed by atoms with Crippen LogP contribution < -0.4 is 9.64 Å². The van der Waals surface area contributed by atoms with E-state index in [1.807, 2.05) is 26.0 Å². The maximum Gasteiger partial charge on any atom is 0.244 e. The van der Waals surface area contributed by atoms with Crippen LogP contribution in [0, 0.1) is 13.8 Å². The number of fused-ring (bicyclic) bond motifs is 1. The van der Waals surface area contributed by atoms with E-state index >= 15 is 0 Å². The van der Waals surface area contributed by atoms with Crippen LogP contribution in [0.4, 0.5) is 5.13 Å². The van der Waals surface area contributed by atoms with E-state index in [-0.39, 0.29) is 11.4 Å². The molecule has 0 aliphatic carbocycles. The number of aromatic nitrogens is 2. The highest BCUT2D eigenvalue weighted by molar-refractivity contribution is 7.92. The van der Waals surface area contributed by atoms with Gasteiger partial charge >= 0.3 is 0 Å². The van der Waals surface area contributed by atoms with Gasteiger partial charge in [0.05, 0.1) is 28.8 Å². The second-order valence-electron chi connectivity index (χ2n) is 7.69. The third kappa shape index (κ3) is 5.04. The van der Waals surface area contributed by atoms with Crippen LogP contribution in [0.25, 0.3) is 10.2 Å². The van der Waals surface area contributed by atoms with Gasteiger partial charge in [0.15, 0.2) is 15.0 Å². The van der Waals surface area contributed by atoms with Crippen LogP contribution in [0.15, 0.2) is 65.8 Å². The summed E-state index contributed by atoms with van der Waals surface area (Å²) in [5.74, 6) is -0.672. The zero-order valence-corrected chi connectivity index (χ0v) is 20.1. The number of carbonyl (C=O) groups is 1. The number of methoxy groups -OCH3 is 1. The summed E-state index contributed by atoms with van der Waals surface area (Å²) in [5, 5.41) is 0.463. The SMILES string of the molecule is COc1ccc(S(=O)(=O)CC(=O)N(Cc2ccncc2)c2nc3c(C)cc(C)cc3s2)cc1. The zero-order chi connectivity index (χ0) is 23.6. The quantitative estimate of drug-likeness (QED) is 0.390. The first kappa shape index (κ1) is 22.9. The summed E-state index contributed by atoms with van der Waals surface area (Å²) in [6.07, 6.45) is 3.27. The Bertz CT molecular complexity index is 1400. The van der Waals surface area contributed by atoms with Crippen molar-refractivity contribution in [3.8, 4) is 5.75 Å². The summed E-state index contributed by atoms with van der Waals surface area (Å²) >= 11 is 1.38. The van der Waals surface area contributed by atoms with Crippen molar-refractivity contribution in [1.29, 1.82) is 0 Å². The maximum atomic E-state index is 13.4. The van der Waals surface area contributed by atoms with E-state index in [1.54, 1.807) is 36.7 Å². The number of hydrogen-bond acceptors (Lipinski definition) is 7. The number of thiazole rings is 1. The monoisotopic (exact) mass is 481 g/mol. The molecule has 0 aliphatic rings. The van der Waals surface area contributed by atoms with Gasteiger partial charge in [-0.2, -0.15) is 0 Å². The van der Waals surface area contributed by atoms with Crippen molar-refractivity contribution >= 4 is 42.4 Å². The van der Waals surface area contributed by atoms with Crippen LogP contribution in [0.2, 0.25) is 0 Å². The summed E-state index contributed by atoms with van der Waals surface area (Å²) < 4.78 is 32.0. The minimum Gasteiger partial charge on any atom is -0.497 e. The number of sulfone groups is 1. The molecule has 4 aromatic rings. The molecule has 0 N–H and O–H groups in total. The van der Waals surface area contributed by atoms with Crippen LogP contribution in [-0.2, 0) is 21.2 Å². The number of hydrogen-bond donors (Lipinski definition) is 0. The second-order valence-corrected chi connectivity index (χ2v) is 10.7. The summed E-state index contributed by atoms with van der Waals surface area (Å²) in [4.78, 5) is 23.6. The molecule has 4 rings (SSSR count). The molecule has 0 saturated heterocycles. The molecule has 0 radical (unpaired) electrons. The number of nitrogens with zero attached hydrogens (tertiary/aromatic N) is 3. The third-order valence-corrected chi connectivity index (χ3v) is 7.82. The molecule has 2 aromatic carbocycles. The molecule has 1 amide bonds. The van der Waals surface area contributed by atoms with Gasteiger partial charge in [0, 0.05) is 12.4 Å². The van der Waals surface area contributed by atoms with Gasteiger partial charge in [-0.1, -0.05) is 17.4 Å². The van der Waals surface area contributed by atoms with Crippen molar-refractivity contribution in [1.82, 2.24) is 9.97 Å². The molecule has 0 atom stereocenters. The Kier molecular flexibility index (Phi) is 6.44. The van der Waals surface area contributed by atoms with Crippen molar-refractivity contribution in [2.75, 3.05) is 17.8 Å². The maximum absolute atomic E-state index is 13.4. The lowest BCUT2D eigenvalue weighted by molar-refractivity contribution is -0.116. The highest BCUT2D eigenvalue weighted by Crippen LogP contribution is 2.33. The van der Waals surface area contributed by atoms with Crippen LogP contribution in [0.3, 0.4) is 0 Å². The van der Waals surface area contributed by atoms with Gasteiger partial charge in [0.2, 0.25) is 5.91 Å². The smallest absolute Gasteiger partial charge is 0.244 e. The molecule has 9 heteroatoms. The number of ether oxygens (including phenoxy) is 1. The number of anilines is 1. The van der Waals surface area contributed by atoms with Crippen molar-refractivity contribution in [3.05, 3.63) is 77.6 Å². The lowest BCUT2D eigenvalue weighted by atomic mass is 10.1. The summed E-state index contributed by atoms with van der Waals surface area (Å²) in [5.41, 5.74) is 3.75. The third-order valence-electron chi connectivity index (χ3n) is 5.17. The molecule has 0 aliphatic heterocycles. The molecule has 0 spiro atoms. The number of benzene rings is 2. The fraction of sp³-hybridized carbons (Fsp3) is 0.208. The van der Waals surface area contributed by atoms with E-state index in [1.165, 1.54) is 35.5 Å². The van der Waals surface area contributed by atoms with Crippen LogP contribution >= 0.6 is 11.3 Å². The molecular weight excluding hydrogens is 458 g/mol. The first-order valence-corrected chi connectivity index (χ1v) is 12.7.